The number of benzene rings is 1. The Morgan fingerprint density at radius 3 is 2.05 bits per heavy atom. The molecule has 0 N–H and O–H groups in total. The van der Waals surface area contributed by atoms with Gasteiger partial charge in [0.2, 0.25) is 0 Å². The van der Waals surface area contributed by atoms with Gasteiger partial charge in [0.1, 0.15) is 12.2 Å². The van der Waals surface area contributed by atoms with Gasteiger partial charge in [-0.25, -0.2) is 0 Å². The zero-order chi connectivity index (χ0) is 16.0. The molecule has 1 aromatic rings. The van der Waals surface area contributed by atoms with Crippen LogP contribution in [0.5, 0.6) is 0 Å². The lowest BCUT2D eigenvalue weighted by Crippen LogP contribution is -2.16. The van der Waals surface area contributed by atoms with Crippen molar-refractivity contribution >= 4 is 13.1 Å². The summed E-state index contributed by atoms with van der Waals surface area (Å²) in [6.07, 6.45) is 8.74. The van der Waals surface area contributed by atoms with Crippen molar-refractivity contribution in [2.45, 2.75) is 33.0 Å². The van der Waals surface area contributed by atoms with Crippen molar-refractivity contribution in [2.75, 3.05) is 0 Å². The van der Waals surface area contributed by atoms with Gasteiger partial charge >= 0.3 is 7.60 Å². The normalized spacial score (nSPS) is 16.0. The highest BCUT2D eigenvalue weighted by Gasteiger charge is 2.39. The summed E-state index contributed by atoms with van der Waals surface area (Å²) >= 11 is 0. The maximum Gasteiger partial charge on any atom is 0.404 e. The Labute approximate surface area is 125 Å². The summed E-state index contributed by atoms with van der Waals surface area (Å²) in [5.74, 6) is 4.51. The van der Waals surface area contributed by atoms with E-state index in [9.17, 15) is 9.36 Å². The van der Waals surface area contributed by atoms with Crippen LogP contribution in [0.3, 0.4) is 0 Å². The van der Waals surface area contributed by atoms with Crippen molar-refractivity contribution in [3.05, 3.63) is 35.4 Å². The molecule has 0 radical (unpaired) electrons. The number of terminal acetylenes is 2. The van der Waals surface area contributed by atoms with Gasteiger partial charge in [-0.15, -0.1) is 12.8 Å². The molecule has 5 heteroatoms. The molecule has 0 saturated carbocycles. The molecule has 1 rings (SSSR count). The zero-order valence-electron chi connectivity index (χ0n) is 12.2. The summed E-state index contributed by atoms with van der Waals surface area (Å²) in [5.41, 5.74) is 0.177. The molecule has 0 heterocycles. The Morgan fingerprint density at radius 1 is 1.14 bits per heavy atom. The van der Waals surface area contributed by atoms with Crippen LogP contribution in [0, 0.1) is 31.6 Å². The van der Waals surface area contributed by atoms with Crippen LogP contribution in [0.25, 0.3) is 0 Å². The second-order valence-electron chi connectivity index (χ2n) is 4.45. The summed E-state index contributed by atoms with van der Waals surface area (Å²) in [6.45, 7) is 4.73. The molecule has 0 amide bonds. The van der Waals surface area contributed by atoms with E-state index in [-0.39, 0.29) is 5.56 Å². The highest BCUT2D eigenvalue weighted by molar-refractivity contribution is 7.72. The molecule has 0 bridgehead atoms. The van der Waals surface area contributed by atoms with Gasteiger partial charge in [-0.3, -0.25) is 18.4 Å². The SMILES string of the molecule is C#CC(C)OP(=O)(OC(C)C#C)C(=O)c1ccccc1C. The van der Waals surface area contributed by atoms with Crippen molar-refractivity contribution in [3.63, 3.8) is 0 Å². The average molecular weight is 304 g/mol. The maximum atomic E-state index is 12.8. The van der Waals surface area contributed by atoms with E-state index in [4.69, 9.17) is 21.9 Å². The van der Waals surface area contributed by atoms with Gasteiger partial charge in [0.05, 0.1) is 0 Å². The molecule has 2 atom stereocenters. The van der Waals surface area contributed by atoms with Gasteiger partial charge in [-0.1, -0.05) is 36.1 Å². The van der Waals surface area contributed by atoms with E-state index in [2.05, 4.69) is 11.8 Å². The molecule has 21 heavy (non-hydrogen) atoms. The van der Waals surface area contributed by atoms with Gasteiger partial charge in [-0.05, 0) is 26.3 Å². The van der Waals surface area contributed by atoms with Gasteiger partial charge in [0.15, 0.2) is 0 Å². The van der Waals surface area contributed by atoms with Gasteiger partial charge in [-0.2, -0.15) is 0 Å². The fraction of sp³-hybridized carbons (Fsp3) is 0.312. The molecule has 0 aliphatic carbocycles. The van der Waals surface area contributed by atoms with E-state index >= 15 is 0 Å². The van der Waals surface area contributed by atoms with Crippen LogP contribution in [-0.4, -0.2) is 17.7 Å². The number of carbonyl (C=O) groups is 1. The Morgan fingerprint density at radius 2 is 1.62 bits per heavy atom. The van der Waals surface area contributed by atoms with Gasteiger partial charge in [0.25, 0.3) is 5.52 Å². The van der Waals surface area contributed by atoms with Crippen LogP contribution in [-0.2, 0) is 13.6 Å². The van der Waals surface area contributed by atoms with Crippen LogP contribution >= 0.6 is 7.60 Å². The molecule has 1 aromatic carbocycles. The monoisotopic (exact) mass is 304 g/mol. The number of carbonyl (C=O) groups excluding carboxylic acids is 1. The molecule has 0 aliphatic rings. The predicted molar refractivity (Wildman–Crippen MR) is 81.9 cm³/mol. The Bertz CT molecular complexity index is 625. The van der Waals surface area contributed by atoms with E-state index in [0.717, 1.165) is 0 Å². The zero-order valence-corrected chi connectivity index (χ0v) is 13.1. The maximum absolute atomic E-state index is 12.8. The topological polar surface area (TPSA) is 52.6 Å². The summed E-state index contributed by atoms with van der Waals surface area (Å²) < 4.78 is 23.2. The molecule has 0 saturated heterocycles. The smallest absolute Gasteiger partial charge is 0.287 e. The first-order chi connectivity index (χ1) is 9.84. The van der Waals surface area contributed by atoms with Crippen molar-refractivity contribution < 1.29 is 18.4 Å². The quantitative estimate of drug-likeness (QED) is 0.597. The first-order valence-electron chi connectivity index (χ1n) is 6.33. The molecular formula is C16H17O4P. The summed E-state index contributed by atoms with van der Waals surface area (Å²) in [5, 5.41) is 0. The molecule has 0 fully saturated rings. The van der Waals surface area contributed by atoms with E-state index in [1.807, 2.05) is 0 Å². The van der Waals surface area contributed by atoms with E-state index in [1.54, 1.807) is 31.2 Å². The molecule has 110 valence electrons. The highest BCUT2D eigenvalue weighted by Crippen LogP contribution is 2.53. The third-order valence-corrected chi connectivity index (χ3v) is 4.61. The molecule has 0 spiro atoms. The van der Waals surface area contributed by atoms with Crippen molar-refractivity contribution in [3.8, 4) is 24.7 Å². The third-order valence-electron chi connectivity index (χ3n) is 2.69. The van der Waals surface area contributed by atoms with Gasteiger partial charge in [0, 0.05) is 5.56 Å². The molecule has 2 unspecified atom stereocenters. The molecule has 0 aromatic heterocycles. The Kier molecular flexibility index (Phi) is 5.94. The van der Waals surface area contributed by atoms with Crippen LogP contribution < -0.4 is 0 Å². The number of rotatable bonds is 6. The summed E-state index contributed by atoms with van der Waals surface area (Å²) in [6, 6.07) is 6.72. The minimum absolute atomic E-state index is 0.259. The highest BCUT2D eigenvalue weighted by atomic mass is 31.2. The Balaban J connectivity index is 3.22. The molecular weight excluding hydrogens is 287 g/mol. The minimum atomic E-state index is -4.13. The molecule has 0 aliphatic heterocycles. The second-order valence-corrected chi connectivity index (χ2v) is 6.27. The van der Waals surface area contributed by atoms with E-state index in [0.29, 0.717) is 5.56 Å². The van der Waals surface area contributed by atoms with Crippen LogP contribution in [0.4, 0.5) is 0 Å². The van der Waals surface area contributed by atoms with E-state index in [1.165, 1.54) is 13.8 Å². The lowest BCUT2D eigenvalue weighted by Gasteiger charge is -2.21. The van der Waals surface area contributed by atoms with Crippen LogP contribution in [0.15, 0.2) is 24.3 Å². The minimum Gasteiger partial charge on any atom is -0.287 e. The predicted octanol–water partition coefficient (Wildman–Crippen LogP) is 3.40. The second kappa shape index (κ2) is 7.25. The van der Waals surface area contributed by atoms with Crippen LogP contribution in [0.1, 0.15) is 29.8 Å². The summed E-state index contributed by atoms with van der Waals surface area (Å²) in [7, 11) is -4.13. The number of hydrogen-bond acceptors (Lipinski definition) is 4. The number of hydrogen-bond donors (Lipinski definition) is 0. The first-order valence-corrected chi connectivity index (χ1v) is 7.88. The average Bonchev–Trinajstić information content (AvgIpc) is 2.46. The van der Waals surface area contributed by atoms with Crippen molar-refractivity contribution in [2.24, 2.45) is 0 Å². The standard InChI is InChI=1S/C16H17O4P/c1-6-13(4)19-21(18,20-14(5)7-2)16(17)15-11-9-8-10-12(15)3/h1-2,8-11,13-14H,3-5H3. The van der Waals surface area contributed by atoms with E-state index < -0.39 is 25.3 Å². The van der Waals surface area contributed by atoms with Gasteiger partial charge < -0.3 is 0 Å². The Hall–Kier alpha value is -1.84. The fourth-order valence-electron chi connectivity index (χ4n) is 1.56. The fourth-order valence-corrected chi connectivity index (χ4v) is 3.30. The first kappa shape index (κ1) is 17.2. The largest absolute Gasteiger partial charge is 0.404 e. The molecule has 4 nitrogen and oxygen atoms in total. The lowest BCUT2D eigenvalue weighted by molar-refractivity contribution is 0.0964. The lowest BCUT2D eigenvalue weighted by atomic mass is 10.1. The third kappa shape index (κ3) is 4.31. The number of aryl methyl sites for hydroxylation is 1. The van der Waals surface area contributed by atoms with Crippen molar-refractivity contribution in [1.82, 2.24) is 0 Å². The van der Waals surface area contributed by atoms with Crippen molar-refractivity contribution in [1.29, 1.82) is 0 Å². The summed E-state index contributed by atoms with van der Waals surface area (Å²) in [4.78, 5) is 12.5. The van der Waals surface area contributed by atoms with Crippen LogP contribution in [0.2, 0.25) is 0 Å².